The third-order valence-electron chi connectivity index (χ3n) is 3.66. The zero-order valence-electron chi connectivity index (χ0n) is 10.2. The quantitative estimate of drug-likeness (QED) is 0.731. The SMILES string of the molecule is C=CCC1OC2(CCCCC2)OC1C(O)CO. The molecule has 0 aromatic rings. The summed E-state index contributed by atoms with van der Waals surface area (Å²) in [4.78, 5) is 0. The molecule has 0 amide bonds. The molecule has 1 spiro atoms. The molecule has 2 rings (SSSR count). The average Bonchev–Trinajstić information content (AvgIpc) is 2.68. The maximum absolute atomic E-state index is 9.78. The Labute approximate surface area is 102 Å². The molecule has 1 saturated carbocycles. The maximum atomic E-state index is 9.78. The van der Waals surface area contributed by atoms with Crippen LogP contribution in [0.25, 0.3) is 0 Å². The molecule has 0 radical (unpaired) electrons. The lowest BCUT2D eigenvalue weighted by atomic mass is 9.94. The summed E-state index contributed by atoms with van der Waals surface area (Å²) in [5.41, 5.74) is 0. The van der Waals surface area contributed by atoms with Crippen molar-refractivity contribution in [1.82, 2.24) is 0 Å². The topological polar surface area (TPSA) is 58.9 Å². The summed E-state index contributed by atoms with van der Waals surface area (Å²) >= 11 is 0. The molecule has 0 aromatic heterocycles. The van der Waals surface area contributed by atoms with Crippen molar-refractivity contribution >= 4 is 0 Å². The standard InChI is InChI=1S/C13H22O4/c1-2-6-11-12(10(15)9-14)17-13(16-11)7-4-3-5-8-13/h2,10-12,14-15H,1,3-9H2. The number of rotatable bonds is 4. The number of aliphatic hydroxyl groups is 2. The second kappa shape index (κ2) is 5.48. The highest BCUT2D eigenvalue weighted by molar-refractivity contribution is 4.93. The Bertz CT molecular complexity index is 260. The van der Waals surface area contributed by atoms with Crippen molar-refractivity contribution in [2.45, 2.75) is 62.6 Å². The van der Waals surface area contributed by atoms with Crippen LogP contribution in [0.5, 0.6) is 0 Å². The van der Waals surface area contributed by atoms with E-state index >= 15 is 0 Å². The van der Waals surface area contributed by atoms with Gasteiger partial charge in [0.2, 0.25) is 0 Å². The van der Waals surface area contributed by atoms with Crippen LogP contribution in [0.4, 0.5) is 0 Å². The summed E-state index contributed by atoms with van der Waals surface area (Å²) in [5.74, 6) is -0.521. The van der Waals surface area contributed by atoms with Gasteiger partial charge >= 0.3 is 0 Å². The molecule has 17 heavy (non-hydrogen) atoms. The van der Waals surface area contributed by atoms with E-state index in [1.807, 2.05) is 0 Å². The van der Waals surface area contributed by atoms with E-state index in [2.05, 4.69) is 6.58 Å². The van der Waals surface area contributed by atoms with Gasteiger partial charge < -0.3 is 19.7 Å². The zero-order valence-corrected chi connectivity index (χ0v) is 10.2. The van der Waals surface area contributed by atoms with Crippen LogP contribution >= 0.6 is 0 Å². The third kappa shape index (κ3) is 2.71. The highest BCUT2D eigenvalue weighted by Crippen LogP contribution is 2.42. The fraction of sp³-hybridized carbons (Fsp3) is 0.846. The Hall–Kier alpha value is -0.420. The van der Waals surface area contributed by atoms with Gasteiger partial charge in [0.05, 0.1) is 12.7 Å². The predicted molar refractivity (Wildman–Crippen MR) is 63.5 cm³/mol. The van der Waals surface area contributed by atoms with Crippen LogP contribution in [0.2, 0.25) is 0 Å². The Balaban J connectivity index is 2.07. The largest absolute Gasteiger partial charge is 0.394 e. The molecule has 0 bridgehead atoms. The lowest BCUT2D eigenvalue weighted by Gasteiger charge is -2.32. The smallest absolute Gasteiger partial charge is 0.169 e. The molecule has 98 valence electrons. The van der Waals surface area contributed by atoms with Gasteiger partial charge in [-0.3, -0.25) is 0 Å². The van der Waals surface area contributed by atoms with Crippen molar-refractivity contribution in [3.8, 4) is 0 Å². The number of hydrogen-bond acceptors (Lipinski definition) is 4. The van der Waals surface area contributed by atoms with Crippen LogP contribution in [0.3, 0.4) is 0 Å². The Morgan fingerprint density at radius 1 is 1.29 bits per heavy atom. The number of ether oxygens (including phenoxy) is 2. The van der Waals surface area contributed by atoms with Crippen LogP contribution in [-0.2, 0) is 9.47 Å². The first kappa shape index (κ1) is 13.0. The van der Waals surface area contributed by atoms with E-state index in [0.717, 1.165) is 25.7 Å². The van der Waals surface area contributed by atoms with Gasteiger partial charge in [-0.2, -0.15) is 0 Å². The first-order valence-electron chi connectivity index (χ1n) is 6.46. The summed E-state index contributed by atoms with van der Waals surface area (Å²) < 4.78 is 11.9. The van der Waals surface area contributed by atoms with E-state index in [9.17, 15) is 5.11 Å². The third-order valence-corrected chi connectivity index (χ3v) is 3.66. The molecule has 1 aliphatic heterocycles. The van der Waals surface area contributed by atoms with E-state index in [-0.39, 0.29) is 12.7 Å². The summed E-state index contributed by atoms with van der Waals surface area (Å²) in [6.07, 6.45) is 6.10. The van der Waals surface area contributed by atoms with Gasteiger partial charge in [-0.1, -0.05) is 12.5 Å². The molecule has 2 aliphatic rings. The lowest BCUT2D eigenvalue weighted by molar-refractivity contribution is -0.201. The molecule has 1 aliphatic carbocycles. The van der Waals surface area contributed by atoms with Gasteiger partial charge in [0, 0.05) is 12.8 Å². The number of hydrogen-bond donors (Lipinski definition) is 2. The molecule has 0 aromatic carbocycles. The van der Waals surface area contributed by atoms with Crippen LogP contribution < -0.4 is 0 Å². The maximum Gasteiger partial charge on any atom is 0.169 e. The first-order valence-corrected chi connectivity index (χ1v) is 6.46. The molecular formula is C13H22O4. The van der Waals surface area contributed by atoms with E-state index in [0.29, 0.717) is 6.42 Å². The van der Waals surface area contributed by atoms with Gasteiger partial charge in [0.1, 0.15) is 12.2 Å². The van der Waals surface area contributed by atoms with E-state index in [4.69, 9.17) is 14.6 Å². The molecule has 2 N–H and O–H groups in total. The lowest BCUT2D eigenvalue weighted by Crippen LogP contribution is -2.38. The van der Waals surface area contributed by atoms with Crippen LogP contribution in [0.1, 0.15) is 38.5 Å². The Morgan fingerprint density at radius 3 is 2.59 bits per heavy atom. The summed E-state index contributed by atoms with van der Waals surface area (Å²) in [7, 11) is 0. The molecule has 1 saturated heterocycles. The minimum atomic E-state index is -0.874. The van der Waals surface area contributed by atoms with Crippen LogP contribution in [0.15, 0.2) is 12.7 Å². The van der Waals surface area contributed by atoms with Crippen LogP contribution in [-0.4, -0.2) is 40.9 Å². The molecule has 1 heterocycles. The number of aliphatic hydroxyl groups excluding tert-OH is 2. The van der Waals surface area contributed by atoms with Gasteiger partial charge in [0.15, 0.2) is 5.79 Å². The minimum absolute atomic E-state index is 0.187. The van der Waals surface area contributed by atoms with Gasteiger partial charge in [-0.05, 0) is 19.3 Å². The van der Waals surface area contributed by atoms with Crippen molar-refractivity contribution < 1.29 is 19.7 Å². The molecule has 4 heteroatoms. The zero-order chi connectivity index (χ0) is 12.3. The fourth-order valence-corrected chi connectivity index (χ4v) is 2.80. The normalized spacial score (nSPS) is 33.8. The van der Waals surface area contributed by atoms with E-state index in [1.165, 1.54) is 6.42 Å². The van der Waals surface area contributed by atoms with Crippen molar-refractivity contribution in [2.75, 3.05) is 6.61 Å². The van der Waals surface area contributed by atoms with Crippen molar-refractivity contribution in [2.24, 2.45) is 0 Å². The molecule has 3 unspecified atom stereocenters. The first-order chi connectivity index (χ1) is 8.21. The minimum Gasteiger partial charge on any atom is -0.394 e. The Kier molecular flexibility index (Phi) is 4.20. The Morgan fingerprint density at radius 2 is 2.00 bits per heavy atom. The van der Waals surface area contributed by atoms with Crippen molar-refractivity contribution in [1.29, 1.82) is 0 Å². The summed E-state index contributed by atoms with van der Waals surface area (Å²) in [5, 5.41) is 18.8. The fourth-order valence-electron chi connectivity index (χ4n) is 2.80. The van der Waals surface area contributed by atoms with E-state index < -0.39 is 18.0 Å². The predicted octanol–water partition coefficient (Wildman–Crippen LogP) is 1.36. The molecule has 2 fully saturated rings. The summed E-state index contributed by atoms with van der Waals surface area (Å²) in [6, 6.07) is 0. The monoisotopic (exact) mass is 242 g/mol. The van der Waals surface area contributed by atoms with Gasteiger partial charge in [-0.25, -0.2) is 0 Å². The van der Waals surface area contributed by atoms with Crippen LogP contribution in [0, 0.1) is 0 Å². The highest BCUT2D eigenvalue weighted by atomic mass is 16.8. The second-order valence-corrected chi connectivity index (χ2v) is 4.98. The van der Waals surface area contributed by atoms with E-state index in [1.54, 1.807) is 6.08 Å². The van der Waals surface area contributed by atoms with Gasteiger partial charge in [-0.15, -0.1) is 6.58 Å². The molecule has 4 nitrogen and oxygen atoms in total. The highest BCUT2D eigenvalue weighted by Gasteiger charge is 2.49. The average molecular weight is 242 g/mol. The van der Waals surface area contributed by atoms with Gasteiger partial charge in [0.25, 0.3) is 0 Å². The molecule has 3 atom stereocenters. The van der Waals surface area contributed by atoms with Crippen molar-refractivity contribution in [3.05, 3.63) is 12.7 Å². The molecular weight excluding hydrogens is 220 g/mol. The summed E-state index contributed by atoms with van der Waals surface area (Å²) in [6.45, 7) is 3.40. The second-order valence-electron chi connectivity index (χ2n) is 4.98. The van der Waals surface area contributed by atoms with Crippen molar-refractivity contribution in [3.63, 3.8) is 0 Å².